The Morgan fingerprint density at radius 3 is 2.33 bits per heavy atom. The number of rotatable bonds is 3. The molecule has 12 heavy (non-hydrogen) atoms. The summed E-state index contributed by atoms with van der Waals surface area (Å²) in [5.41, 5.74) is 1.23. The summed E-state index contributed by atoms with van der Waals surface area (Å²) < 4.78 is 0. The molecule has 0 saturated carbocycles. The lowest BCUT2D eigenvalue weighted by molar-refractivity contribution is -0.384. The van der Waals surface area contributed by atoms with Crippen LogP contribution in [0.2, 0.25) is 0 Å². The molecule has 0 atom stereocenters. The van der Waals surface area contributed by atoms with Crippen LogP contribution in [0.25, 0.3) is 0 Å². The van der Waals surface area contributed by atoms with Crippen LogP contribution in [0, 0.1) is 17.0 Å². The van der Waals surface area contributed by atoms with Crippen molar-refractivity contribution in [3.05, 3.63) is 46.9 Å². The van der Waals surface area contributed by atoms with E-state index in [0.29, 0.717) is 0 Å². The van der Waals surface area contributed by atoms with Crippen LogP contribution in [0.3, 0.4) is 0 Å². The summed E-state index contributed by atoms with van der Waals surface area (Å²) in [5, 5.41) is 10.3. The number of hydrogen-bond donors (Lipinski definition) is 0. The topological polar surface area (TPSA) is 43.1 Å². The van der Waals surface area contributed by atoms with Gasteiger partial charge in [0.15, 0.2) is 0 Å². The van der Waals surface area contributed by atoms with Crippen molar-refractivity contribution < 1.29 is 4.92 Å². The second kappa shape index (κ2) is 3.85. The normalized spacial score (nSPS) is 9.75. The molecule has 0 aromatic heterocycles. The maximum Gasteiger partial charge on any atom is 0.269 e. The molecule has 0 N–H and O–H groups in total. The molecule has 0 unspecified atom stereocenters. The van der Waals surface area contributed by atoms with Crippen molar-refractivity contribution in [3.63, 3.8) is 0 Å². The number of hydrogen-bond acceptors (Lipinski definition) is 2. The van der Waals surface area contributed by atoms with Crippen LogP contribution in [-0.2, 0) is 6.42 Å². The second-order valence-corrected chi connectivity index (χ2v) is 2.53. The average molecular weight is 164 g/mol. The third-order valence-corrected chi connectivity index (χ3v) is 1.61. The molecule has 1 aromatic rings. The molecule has 0 amide bonds. The summed E-state index contributed by atoms with van der Waals surface area (Å²) in [6.45, 7) is 3.70. The molecule has 0 spiro atoms. The molecule has 0 bridgehead atoms. The Labute approximate surface area is 71.2 Å². The first-order valence-corrected chi connectivity index (χ1v) is 3.76. The van der Waals surface area contributed by atoms with Gasteiger partial charge in [0, 0.05) is 12.1 Å². The number of aryl methyl sites for hydroxylation is 1. The van der Waals surface area contributed by atoms with E-state index in [4.69, 9.17) is 0 Å². The smallest absolute Gasteiger partial charge is 0.258 e. The summed E-state index contributed by atoms with van der Waals surface area (Å²) in [4.78, 5) is 9.87. The highest BCUT2D eigenvalue weighted by molar-refractivity contribution is 5.32. The van der Waals surface area contributed by atoms with Gasteiger partial charge in [0.1, 0.15) is 0 Å². The zero-order valence-electron chi connectivity index (χ0n) is 6.69. The largest absolute Gasteiger partial charge is 0.269 e. The zero-order valence-corrected chi connectivity index (χ0v) is 6.69. The fourth-order valence-corrected chi connectivity index (χ4v) is 0.988. The third-order valence-electron chi connectivity index (χ3n) is 1.61. The molecule has 3 heteroatoms. The summed E-state index contributed by atoms with van der Waals surface area (Å²) in [6.07, 6.45) is 1.69. The summed E-state index contributed by atoms with van der Waals surface area (Å²) >= 11 is 0. The lowest BCUT2D eigenvalue weighted by atomic mass is 10.1. The molecule has 1 radical (unpaired) electrons. The van der Waals surface area contributed by atoms with Crippen LogP contribution >= 0.6 is 0 Å². The summed E-state index contributed by atoms with van der Waals surface area (Å²) in [6, 6.07) is 6.57. The van der Waals surface area contributed by atoms with Gasteiger partial charge in [-0.2, -0.15) is 0 Å². The minimum Gasteiger partial charge on any atom is -0.258 e. The van der Waals surface area contributed by atoms with Crippen LogP contribution < -0.4 is 0 Å². The molecule has 1 aromatic carbocycles. The van der Waals surface area contributed by atoms with E-state index in [0.717, 1.165) is 18.4 Å². The Bertz CT molecular complexity index is 266. The van der Waals surface area contributed by atoms with Gasteiger partial charge in [0.2, 0.25) is 0 Å². The van der Waals surface area contributed by atoms with Gasteiger partial charge < -0.3 is 0 Å². The summed E-state index contributed by atoms with van der Waals surface area (Å²) in [5.74, 6) is 0. The molecule has 0 saturated heterocycles. The van der Waals surface area contributed by atoms with Crippen LogP contribution in [0.5, 0.6) is 0 Å². The predicted molar refractivity (Wildman–Crippen MR) is 46.8 cm³/mol. The Morgan fingerprint density at radius 1 is 1.33 bits per heavy atom. The molecular formula is C9H10NO2. The zero-order chi connectivity index (χ0) is 8.97. The van der Waals surface area contributed by atoms with E-state index in [-0.39, 0.29) is 5.69 Å². The van der Waals surface area contributed by atoms with Crippen molar-refractivity contribution in [1.29, 1.82) is 0 Å². The van der Waals surface area contributed by atoms with Crippen molar-refractivity contribution in [3.8, 4) is 0 Å². The van der Waals surface area contributed by atoms with Gasteiger partial charge in [-0.1, -0.05) is 19.1 Å². The Kier molecular flexibility index (Phi) is 2.80. The molecule has 63 valence electrons. The lowest BCUT2D eigenvalue weighted by Gasteiger charge is -1.96. The second-order valence-electron chi connectivity index (χ2n) is 2.53. The molecule has 3 nitrogen and oxygen atoms in total. The van der Waals surface area contributed by atoms with E-state index in [2.05, 4.69) is 6.92 Å². The van der Waals surface area contributed by atoms with Gasteiger partial charge in [-0.05, 0) is 18.4 Å². The van der Waals surface area contributed by atoms with E-state index in [9.17, 15) is 10.1 Å². The molecule has 0 fully saturated rings. The summed E-state index contributed by atoms with van der Waals surface area (Å²) in [7, 11) is 0. The SMILES string of the molecule is [CH2]CCc1ccc([N+](=O)[O-])cc1. The molecular weight excluding hydrogens is 154 g/mol. The average Bonchev–Trinajstić information content (AvgIpc) is 2.06. The molecule has 0 aliphatic carbocycles. The first-order chi connectivity index (χ1) is 5.74. The maximum absolute atomic E-state index is 10.3. The fourth-order valence-electron chi connectivity index (χ4n) is 0.988. The number of nitrogens with zero attached hydrogens (tertiary/aromatic N) is 1. The molecule has 0 aliphatic rings. The Morgan fingerprint density at radius 2 is 1.92 bits per heavy atom. The van der Waals surface area contributed by atoms with Crippen LogP contribution in [0.1, 0.15) is 12.0 Å². The van der Waals surface area contributed by atoms with Gasteiger partial charge in [-0.3, -0.25) is 10.1 Å². The minimum absolute atomic E-state index is 0.141. The van der Waals surface area contributed by atoms with E-state index in [1.165, 1.54) is 12.1 Å². The van der Waals surface area contributed by atoms with Crippen LogP contribution in [-0.4, -0.2) is 4.92 Å². The van der Waals surface area contributed by atoms with Gasteiger partial charge in [0.25, 0.3) is 5.69 Å². The van der Waals surface area contributed by atoms with Crippen LogP contribution in [0.4, 0.5) is 5.69 Å². The highest BCUT2D eigenvalue weighted by Gasteiger charge is 2.02. The molecule has 0 aliphatic heterocycles. The first-order valence-electron chi connectivity index (χ1n) is 3.76. The highest BCUT2D eigenvalue weighted by atomic mass is 16.6. The number of benzene rings is 1. The monoisotopic (exact) mass is 164 g/mol. The van der Waals surface area contributed by atoms with Gasteiger partial charge >= 0.3 is 0 Å². The predicted octanol–water partition coefficient (Wildman–Crippen LogP) is 2.36. The van der Waals surface area contributed by atoms with Gasteiger partial charge in [-0.15, -0.1) is 0 Å². The van der Waals surface area contributed by atoms with Crippen molar-refractivity contribution in [1.82, 2.24) is 0 Å². The van der Waals surface area contributed by atoms with E-state index >= 15 is 0 Å². The first kappa shape index (κ1) is 8.71. The highest BCUT2D eigenvalue weighted by Crippen LogP contribution is 2.12. The van der Waals surface area contributed by atoms with Gasteiger partial charge in [0.05, 0.1) is 4.92 Å². The van der Waals surface area contributed by atoms with Crippen molar-refractivity contribution in [2.75, 3.05) is 0 Å². The number of nitro groups is 1. The Hall–Kier alpha value is -1.38. The van der Waals surface area contributed by atoms with Crippen molar-refractivity contribution >= 4 is 5.69 Å². The fraction of sp³-hybridized carbons (Fsp3) is 0.222. The van der Waals surface area contributed by atoms with Gasteiger partial charge in [-0.25, -0.2) is 0 Å². The van der Waals surface area contributed by atoms with E-state index < -0.39 is 4.92 Å². The van der Waals surface area contributed by atoms with Crippen LogP contribution in [0.15, 0.2) is 24.3 Å². The lowest BCUT2D eigenvalue weighted by Crippen LogP contribution is -1.88. The quantitative estimate of drug-likeness (QED) is 0.508. The van der Waals surface area contributed by atoms with Crippen molar-refractivity contribution in [2.45, 2.75) is 12.8 Å². The molecule has 0 heterocycles. The van der Waals surface area contributed by atoms with E-state index in [1.807, 2.05) is 0 Å². The Balaban J connectivity index is 2.78. The van der Waals surface area contributed by atoms with E-state index in [1.54, 1.807) is 12.1 Å². The third kappa shape index (κ3) is 2.05. The molecule has 1 rings (SSSR count). The number of non-ortho nitro benzene ring substituents is 1. The standard InChI is InChI=1S/C9H10NO2/c1-2-3-8-4-6-9(7-5-8)10(11)12/h4-7H,1-3H2. The van der Waals surface area contributed by atoms with Crippen molar-refractivity contribution in [2.24, 2.45) is 0 Å². The maximum atomic E-state index is 10.3. The minimum atomic E-state index is -0.395. The number of nitro benzene ring substituents is 1.